The van der Waals surface area contributed by atoms with Crippen LogP contribution in [0.15, 0.2) is 81.9 Å². The Labute approximate surface area is 182 Å². The van der Waals surface area contributed by atoms with E-state index in [4.69, 9.17) is 13.7 Å². The lowest BCUT2D eigenvalue weighted by Crippen LogP contribution is -2.22. The fraction of sp³-hybridized carbons (Fsp3) is 0.0870. The number of hydrogen-bond acceptors (Lipinski definition) is 6. The molecular formula is C23H18FN3O5. The van der Waals surface area contributed by atoms with Gasteiger partial charge in [-0.05, 0) is 60.7 Å². The number of ether oxygens (including phenoxy) is 1. The second-order valence-electron chi connectivity index (χ2n) is 6.71. The molecule has 0 saturated carbocycles. The van der Waals surface area contributed by atoms with E-state index in [0.717, 1.165) is 0 Å². The minimum atomic E-state index is -0.406. The molecule has 0 saturated heterocycles. The molecule has 0 fully saturated rings. The molecule has 0 atom stereocenters. The van der Waals surface area contributed by atoms with Gasteiger partial charge in [-0.25, -0.2) is 4.39 Å². The van der Waals surface area contributed by atoms with Gasteiger partial charge in [0.1, 0.15) is 23.9 Å². The lowest BCUT2D eigenvalue weighted by atomic mass is 10.2. The molecule has 9 heteroatoms. The summed E-state index contributed by atoms with van der Waals surface area (Å²) in [7, 11) is 0. The van der Waals surface area contributed by atoms with Crippen LogP contribution in [0.4, 0.5) is 10.1 Å². The molecule has 0 radical (unpaired) electrons. The highest BCUT2D eigenvalue weighted by atomic mass is 19.1. The van der Waals surface area contributed by atoms with E-state index < -0.39 is 11.7 Å². The van der Waals surface area contributed by atoms with Crippen molar-refractivity contribution in [3.63, 3.8) is 0 Å². The second kappa shape index (κ2) is 9.61. The molecule has 32 heavy (non-hydrogen) atoms. The minimum Gasteiger partial charge on any atom is -0.486 e. The van der Waals surface area contributed by atoms with Crippen molar-refractivity contribution in [2.45, 2.75) is 13.2 Å². The number of halogens is 1. The van der Waals surface area contributed by atoms with Gasteiger partial charge in [0.15, 0.2) is 11.5 Å². The van der Waals surface area contributed by atoms with Crippen LogP contribution < -0.4 is 15.4 Å². The van der Waals surface area contributed by atoms with E-state index in [2.05, 4.69) is 15.8 Å². The molecule has 0 bridgehead atoms. The molecule has 2 aromatic carbocycles. The highest BCUT2D eigenvalue weighted by Crippen LogP contribution is 2.18. The summed E-state index contributed by atoms with van der Waals surface area (Å²) in [6.07, 6.45) is 1.53. The Bertz CT molecular complexity index is 1190. The second-order valence-corrected chi connectivity index (χ2v) is 6.71. The standard InChI is InChI=1S/C23H18FN3O5/c24-16-5-3-15(4-6-16)22(28)26-17-7-9-18(10-8-17)31-14-20-12-21(27-32-20)23(29)25-13-19-2-1-11-30-19/h1-12H,13-14H2,(H,25,29)(H,26,28). The van der Waals surface area contributed by atoms with Crippen LogP contribution in [0.2, 0.25) is 0 Å². The predicted octanol–water partition coefficient (Wildman–Crippen LogP) is 4.17. The molecule has 0 unspecified atom stereocenters. The van der Waals surface area contributed by atoms with E-state index in [0.29, 0.717) is 28.5 Å². The third-order valence-electron chi connectivity index (χ3n) is 4.39. The van der Waals surface area contributed by atoms with Gasteiger partial charge in [0.2, 0.25) is 0 Å². The van der Waals surface area contributed by atoms with Gasteiger partial charge in [-0.1, -0.05) is 5.16 Å². The molecule has 2 heterocycles. The Morgan fingerprint density at radius 3 is 2.47 bits per heavy atom. The summed E-state index contributed by atoms with van der Waals surface area (Å²) in [6, 6.07) is 16.9. The average molecular weight is 435 g/mol. The maximum absolute atomic E-state index is 13.0. The highest BCUT2D eigenvalue weighted by molar-refractivity contribution is 6.04. The van der Waals surface area contributed by atoms with Gasteiger partial charge in [0.05, 0.1) is 12.8 Å². The van der Waals surface area contributed by atoms with Crippen molar-refractivity contribution in [2.24, 2.45) is 0 Å². The first kappa shape index (κ1) is 20.9. The number of nitrogens with one attached hydrogen (secondary N) is 2. The summed E-state index contributed by atoms with van der Waals surface area (Å²) in [5.74, 6) is 0.391. The van der Waals surface area contributed by atoms with Gasteiger partial charge in [0.25, 0.3) is 11.8 Å². The first-order chi connectivity index (χ1) is 15.6. The number of carbonyl (C=O) groups excluding carboxylic acids is 2. The van der Waals surface area contributed by atoms with E-state index in [1.807, 2.05) is 0 Å². The SMILES string of the molecule is O=C(Nc1ccc(OCc2cc(C(=O)NCc3ccco3)no2)cc1)c1ccc(F)cc1. The van der Waals surface area contributed by atoms with Gasteiger partial charge in [-0.15, -0.1) is 0 Å². The predicted molar refractivity (Wildman–Crippen MR) is 112 cm³/mol. The summed E-state index contributed by atoms with van der Waals surface area (Å²) >= 11 is 0. The van der Waals surface area contributed by atoms with Crippen molar-refractivity contribution >= 4 is 17.5 Å². The number of carbonyl (C=O) groups is 2. The van der Waals surface area contributed by atoms with E-state index >= 15 is 0 Å². The number of rotatable bonds is 8. The summed E-state index contributed by atoms with van der Waals surface area (Å²) < 4.78 is 28.9. The van der Waals surface area contributed by atoms with Gasteiger partial charge in [-0.3, -0.25) is 9.59 Å². The molecule has 0 aliphatic carbocycles. The van der Waals surface area contributed by atoms with Gasteiger partial charge < -0.3 is 24.3 Å². The zero-order chi connectivity index (χ0) is 22.3. The van der Waals surface area contributed by atoms with Crippen molar-refractivity contribution in [3.8, 4) is 5.75 Å². The first-order valence-corrected chi connectivity index (χ1v) is 9.63. The first-order valence-electron chi connectivity index (χ1n) is 9.63. The maximum atomic E-state index is 13.0. The Balaban J connectivity index is 1.26. The van der Waals surface area contributed by atoms with Crippen LogP contribution in [0.25, 0.3) is 0 Å². The van der Waals surface area contributed by atoms with E-state index in [1.54, 1.807) is 36.4 Å². The fourth-order valence-electron chi connectivity index (χ4n) is 2.75. The number of nitrogens with zero attached hydrogens (tertiary/aromatic N) is 1. The number of anilines is 1. The molecule has 162 valence electrons. The Morgan fingerprint density at radius 2 is 1.75 bits per heavy atom. The van der Waals surface area contributed by atoms with Gasteiger partial charge in [-0.2, -0.15) is 0 Å². The molecule has 2 amide bonds. The number of hydrogen-bond donors (Lipinski definition) is 2. The lowest BCUT2D eigenvalue weighted by Gasteiger charge is -2.07. The van der Waals surface area contributed by atoms with E-state index in [1.165, 1.54) is 36.6 Å². The van der Waals surface area contributed by atoms with E-state index in [-0.39, 0.29) is 24.8 Å². The van der Waals surface area contributed by atoms with Crippen molar-refractivity contribution in [1.29, 1.82) is 0 Å². The Hall–Kier alpha value is -4.40. The number of furan rings is 1. The van der Waals surface area contributed by atoms with Crippen LogP contribution in [0.1, 0.15) is 32.4 Å². The number of aromatic nitrogens is 1. The average Bonchev–Trinajstić information content (AvgIpc) is 3.50. The van der Waals surface area contributed by atoms with Gasteiger partial charge in [0, 0.05) is 17.3 Å². The molecule has 0 aliphatic heterocycles. The zero-order valence-corrected chi connectivity index (χ0v) is 16.7. The quantitative estimate of drug-likeness (QED) is 0.430. The van der Waals surface area contributed by atoms with Crippen LogP contribution in [0.5, 0.6) is 5.75 Å². The van der Waals surface area contributed by atoms with E-state index in [9.17, 15) is 14.0 Å². The number of benzene rings is 2. The van der Waals surface area contributed by atoms with Crippen LogP contribution in [-0.2, 0) is 13.2 Å². The maximum Gasteiger partial charge on any atom is 0.273 e. The molecule has 0 spiro atoms. The largest absolute Gasteiger partial charge is 0.486 e. The highest BCUT2D eigenvalue weighted by Gasteiger charge is 2.13. The van der Waals surface area contributed by atoms with Crippen LogP contribution in [-0.4, -0.2) is 17.0 Å². The topological polar surface area (TPSA) is 107 Å². The Kier molecular flexibility index (Phi) is 6.26. The minimum absolute atomic E-state index is 0.0692. The summed E-state index contributed by atoms with van der Waals surface area (Å²) in [6.45, 7) is 0.314. The van der Waals surface area contributed by atoms with Crippen molar-refractivity contribution in [1.82, 2.24) is 10.5 Å². The van der Waals surface area contributed by atoms with Crippen LogP contribution >= 0.6 is 0 Å². The van der Waals surface area contributed by atoms with Crippen LogP contribution in [0.3, 0.4) is 0 Å². The van der Waals surface area contributed by atoms with Crippen molar-refractivity contribution in [3.05, 3.63) is 102 Å². The molecule has 2 N–H and O–H groups in total. The van der Waals surface area contributed by atoms with Crippen molar-refractivity contribution in [2.75, 3.05) is 5.32 Å². The molecule has 2 aromatic heterocycles. The summed E-state index contributed by atoms with van der Waals surface area (Å²) in [5.41, 5.74) is 1.04. The monoisotopic (exact) mass is 435 g/mol. The fourth-order valence-corrected chi connectivity index (χ4v) is 2.75. The molecule has 0 aliphatic rings. The molecular weight excluding hydrogens is 417 g/mol. The normalized spacial score (nSPS) is 10.5. The summed E-state index contributed by atoms with van der Waals surface area (Å²) in [5, 5.41) is 9.14. The van der Waals surface area contributed by atoms with Crippen molar-refractivity contribution < 1.29 is 27.7 Å². The third kappa shape index (κ3) is 5.39. The molecule has 8 nitrogen and oxygen atoms in total. The molecule has 4 rings (SSSR count). The zero-order valence-electron chi connectivity index (χ0n) is 16.7. The smallest absolute Gasteiger partial charge is 0.273 e. The lowest BCUT2D eigenvalue weighted by molar-refractivity contribution is 0.0938. The van der Waals surface area contributed by atoms with Gasteiger partial charge >= 0.3 is 0 Å². The Morgan fingerprint density at radius 1 is 0.969 bits per heavy atom. The third-order valence-corrected chi connectivity index (χ3v) is 4.39. The number of amides is 2. The van der Waals surface area contributed by atoms with Crippen LogP contribution in [0, 0.1) is 5.82 Å². The molecule has 4 aromatic rings. The summed E-state index contributed by atoms with van der Waals surface area (Å²) in [4.78, 5) is 24.3.